The number of carbonyl (C=O) groups is 1. The molecule has 0 fully saturated rings. The Kier molecular flexibility index (Phi) is 4.70. The standard InChI is InChI=1S/C19H19N5O/c1-4-7-12(2)13(3)22-19(25)14-9-11-21-18-16(14)23-17(24-18)15-8-5-6-10-20-15/h4-11H,1-3H3,(H,22,25)(H,21,23,24)/b7-4-,13-12+. The lowest BCUT2D eigenvalue weighted by atomic mass is 10.2. The molecule has 0 bridgehead atoms. The second-order valence-corrected chi connectivity index (χ2v) is 5.62. The van der Waals surface area contributed by atoms with Crippen molar-refractivity contribution >= 4 is 17.1 Å². The molecule has 0 aliphatic heterocycles. The number of nitrogens with one attached hydrogen (secondary N) is 2. The van der Waals surface area contributed by atoms with Gasteiger partial charge in [0.05, 0.1) is 11.1 Å². The molecule has 0 spiro atoms. The fraction of sp³-hybridized carbons (Fsp3) is 0.158. The van der Waals surface area contributed by atoms with E-state index in [1.807, 2.05) is 51.1 Å². The molecule has 2 N–H and O–H groups in total. The molecule has 0 aromatic carbocycles. The molecule has 3 heterocycles. The Morgan fingerprint density at radius 2 is 2.00 bits per heavy atom. The maximum Gasteiger partial charge on any atom is 0.257 e. The highest BCUT2D eigenvalue weighted by Crippen LogP contribution is 2.20. The fourth-order valence-corrected chi connectivity index (χ4v) is 2.44. The SMILES string of the molecule is C/C=C\C(C)=C(/C)NC(=O)c1ccnc2nc(-c3ccccn3)[nH]c12. The first-order valence-electron chi connectivity index (χ1n) is 7.97. The number of H-pyrrole nitrogens is 1. The van der Waals surface area contributed by atoms with Gasteiger partial charge in [0.2, 0.25) is 0 Å². The third-order valence-electron chi connectivity index (χ3n) is 3.85. The lowest BCUT2D eigenvalue weighted by Crippen LogP contribution is -2.22. The Balaban J connectivity index is 1.98. The van der Waals surface area contributed by atoms with Crippen LogP contribution in [-0.2, 0) is 0 Å². The van der Waals surface area contributed by atoms with Gasteiger partial charge in [-0.1, -0.05) is 18.2 Å². The van der Waals surface area contributed by atoms with Crippen molar-refractivity contribution in [3.05, 3.63) is 65.6 Å². The summed E-state index contributed by atoms with van der Waals surface area (Å²) < 4.78 is 0. The second-order valence-electron chi connectivity index (χ2n) is 5.62. The number of allylic oxidation sites excluding steroid dienone is 4. The van der Waals surface area contributed by atoms with Crippen LogP contribution in [0.2, 0.25) is 0 Å². The normalized spacial score (nSPS) is 12.4. The summed E-state index contributed by atoms with van der Waals surface area (Å²) in [6, 6.07) is 7.25. The molecule has 3 aromatic rings. The van der Waals surface area contributed by atoms with Crippen molar-refractivity contribution in [2.75, 3.05) is 0 Å². The molecule has 0 saturated carbocycles. The summed E-state index contributed by atoms with van der Waals surface area (Å²) in [6.07, 6.45) is 7.16. The maximum atomic E-state index is 12.7. The minimum Gasteiger partial charge on any atom is -0.335 e. The van der Waals surface area contributed by atoms with Gasteiger partial charge in [-0.2, -0.15) is 0 Å². The zero-order chi connectivity index (χ0) is 17.8. The highest BCUT2D eigenvalue weighted by atomic mass is 16.1. The van der Waals surface area contributed by atoms with Crippen LogP contribution in [0.1, 0.15) is 31.1 Å². The molecule has 0 atom stereocenters. The van der Waals surface area contributed by atoms with E-state index in [-0.39, 0.29) is 5.91 Å². The molecule has 6 nitrogen and oxygen atoms in total. The highest BCUT2D eigenvalue weighted by molar-refractivity contribution is 6.05. The lowest BCUT2D eigenvalue weighted by molar-refractivity contribution is 0.0967. The molecule has 3 aromatic heterocycles. The number of carbonyl (C=O) groups excluding carboxylic acids is 1. The summed E-state index contributed by atoms with van der Waals surface area (Å²) in [5.74, 6) is 0.380. The van der Waals surface area contributed by atoms with E-state index in [2.05, 4.69) is 25.3 Å². The number of amides is 1. The Hall–Kier alpha value is -3.28. The average molecular weight is 333 g/mol. The first kappa shape index (κ1) is 16.6. The minimum absolute atomic E-state index is 0.204. The van der Waals surface area contributed by atoms with Gasteiger partial charge in [0, 0.05) is 18.1 Å². The number of aromatic nitrogens is 4. The predicted octanol–water partition coefficient (Wildman–Crippen LogP) is 3.62. The molecule has 3 rings (SSSR count). The summed E-state index contributed by atoms with van der Waals surface area (Å²) in [5.41, 5.74) is 4.08. The average Bonchev–Trinajstić information content (AvgIpc) is 3.06. The van der Waals surface area contributed by atoms with E-state index < -0.39 is 0 Å². The van der Waals surface area contributed by atoms with Gasteiger partial charge in [0.1, 0.15) is 5.69 Å². The number of imidazole rings is 1. The Morgan fingerprint density at radius 1 is 1.16 bits per heavy atom. The third kappa shape index (κ3) is 3.47. The summed E-state index contributed by atoms with van der Waals surface area (Å²) in [5, 5.41) is 2.92. The molecule has 0 aliphatic rings. The minimum atomic E-state index is -0.204. The van der Waals surface area contributed by atoms with Gasteiger partial charge >= 0.3 is 0 Å². The number of aromatic amines is 1. The molecule has 25 heavy (non-hydrogen) atoms. The van der Waals surface area contributed by atoms with E-state index in [0.29, 0.717) is 28.2 Å². The van der Waals surface area contributed by atoms with Crippen molar-refractivity contribution in [3.8, 4) is 11.5 Å². The third-order valence-corrected chi connectivity index (χ3v) is 3.85. The fourth-order valence-electron chi connectivity index (χ4n) is 2.44. The predicted molar refractivity (Wildman–Crippen MR) is 97.8 cm³/mol. The van der Waals surface area contributed by atoms with E-state index in [1.54, 1.807) is 18.5 Å². The summed E-state index contributed by atoms with van der Waals surface area (Å²) in [4.78, 5) is 28.8. The highest BCUT2D eigenvalue weighted by Gasteiger charge is 2.15. The Labute approximate surface area is 145 Å². The summed E-state index contributed by atoms with van der Waals surface area (Å²) in [7, 11) is 0. The monoisotopic (exact) mass is 333 g/mol. The van der Waals surface area contributed by atoms with Crippen LogP contribution in [0.25, 0.3) is 22.7 Å². The molecule has 0 radical (unpaired) electrons. The van der Waals surface area contributed by atoms with Crippen LogP contribution in [0.4, 0.5) is 0 Å². The number of hydrogen-bond donors (Lipinski definition) is 2. The van der Waals surface area contributed by atoms with Crippen molar-refractivity contribution in [1.29, 1.82) is 0 Å². The van der Waals surface area contributed by atoms with Gasteiger partial charge in [0.25, 0.3) is 5.91 Å². The van der Waals surface area contributed by atoms with Gasteiger partial charge < -0.3 is 10.3 Å². The Bertz CT molecular complexity index is 970. The van der Waals surface area contributed by atoms with Crippen molar-refractivity contribution < 1.29 is 4.79 Å². The van der Waals surface area contributed by atoms with Crippen molar-refractivity contribution in [2.45, 2.75) is 20.8 Å². The van der Waals surface area contributed by atoms with Crippen molar-refractivity contribution in [3.63, 3.8) is 0 Å². The first-order chi connectivity index (χ1) is 12.1. The van der Waals surface area contributed by atoms with Crippen molar-refractivity contribution in [2.24, 2.45) is 0 Å². The van der Waals surface area contributed by atoms with E-state index in [9.17, 15) is 4.79 Å². The van der Waals surface area contributed by atoms with E-state index >= 15 is 0 Å². The van der Waals surface area contributed by atoms with Crippen LogP contribution >= 0.6 is 0 Å². The van der Waals surface area contributed by atoms with Crippen LogP contribution in [0.15, 0.2) is 60.1 Å². The molecule has 126 valence electrons. The smallest absolute Gasteiger partial charge is 0.257 e. The first-order valence-corrected chi connectivity index (χ1v) is 7.97. The van der Waals surface area contributed by atoms with Gasteiger partial charge in [-0.25, -0.2) is 9.97 Å². The van der Waals surface area contributed by atoms with E-state index in [1.165, 1.54) is 0 Å². The summed E-state index contributed by atoms with van der Waals surface area (Å²) in [6.45, 7) is 5.76. The summed E-state index contributed by atoms with van der Waals surface area (Å²) >= 11 is 0. The van der Waals surface area contributed by atoms with E-state index in [4.69, 9.17) is 0 Å². The lowest BCUT2D eigenvalue weighted by Gasteiger charge is -2.08. The molecular weight excluding hydrogens is 314 g/mol. The zero-order valence-electron chi connectivity index (χ0n) is 14.4. The largest absolute Gasteiger partial charge is 0.335 e. The second kappa shape index (κ2) is 7.09. The van der Waals surface area contributed by atoms with Crippen molar-refractivity contribution in [1.82, 2.24) is 25.3 Å². The molecular formula is C19H19N5O. The molecule has 0 unspecified atom stereocenters. The topological polar surface area (TPSA) is 83.6 Å². The van der Waals surface area contributed by atoms with E-state index in [0.717, 1.165) is 11.3 Å². The van der Waals surface area contributed by atoms with Crippen LogP contribution in [0, 0.1) is 0 Å². The van der Waals surface area contributed by atoms with Gasteiger partial charge in [-0.05, 0) is 44.5 Å². The molecule has 6 heteroatoms. The van der Waals surface area contributed by atoms with Gasteiger partial charge in [-0.15, -0.1) is 0 Å². The number of rotatable bonds is 4. The Morgan fingerprint density at radius 3 is 2.72 bits per heavy atom. The number of fused-ring (bicyclic) bond motifs is 1. The number of nitrogens with zero attached hydrogens (tertiary/aromatic N) is 3. The zero-order valence-corrected chi connectivity index (χ0v) is 14.4. The van der Waals surface area contributed by atoms with Crippen LogP contribution in [0.3, 0.4) is 0 Å². The van der Waals surface area contributed by atoms with Gasteiger partial charge in [0.15, 0.2) is 11.5 Å². The number of hydrogen-bond acceptors (Lipinski definition) is 4. The molecule has 0 saturated heterocycles. The maximum absolute atomic E-state index is 12.7. The molecule has 0 aliphatic carbocycles. The van der Waals surface area contributed by atoms with Crippen LogP contribution < -0.4 is 5.32 Å². The molecule has 1 amide bonds. The van der Waals surface area contributed by atoms with Crippen LogP contribution in [-0.4, -0.2) is 25.8 Å². The quantitative estimate of drug-likeness (QED) is 0.714. The van der Waals surface area contributed by atoms with Gasteiger partial charge in [-0.3, -0.25) is 9.78 Å². The number of pyridine rings is 2. The van der Waals surface area contributed by atoms with Crippen LogP contribution in [0.5, 0.6) is 0 Å².